The Morgan fingerprint density at radius 3 is 2.25 bits per heavy atom. The van der Waals surface area contributed by atoms with Crippen molar-refractivity contribution < 1.29 is 17.9 Å². The van der Waals surface area contributed by atoms with Crippen LogP contribution in [-0.2, 0) is 14.8 Å². The van der Waals surface area contributed by atoms with E-state index in [1.807, 2.05) is 26.0 Å². The van der Waals surface area contributed by atoms with E-state index in [9.17, 15) is 13.2 Å². The lowest BCUT2D eigenvalue weighted by atomic mass is 9.99. The maximum atomic E-state index is 13.5. The van der Waals surface area contributed by atoms with E-state index >= 15 is 0 Å². The highest BCUT2D eigenvalue weighted by Crippen LogP contribution is 2.25. The number of unbranched alkanes of at least 4 members (excludes halogenated alkanes) is 1. The van der Waals surface area contributed by atoms with Crippen LogP contribution in [0.5, 0.6) is 5.75 Å². The third-order valence-corrected chi connectivity index (χ3v) is 7.25. The second-order valence-electron chi connectivity index (χ2n) is 7.97. The van der Waals surface area contributed by atoms with E-state index in [-0.39, 0.29) is 17.3 Å². The second kappa shape index (κ2) is 12.5. The van der Waals surface area contributed by atoms with Gasteiger partial charge in [0.1, 0.15) is 12.3 Å². The number of hydrogen-bond donors (Lipinski definition) is 1. The normalized spacial score (nSPS) is 12.2. The molecule has 7 heteroatoms. The van der Waals surface area contributed by atoms with E-state index in [2.05, 4.69) is 19.2 Å². The molecule has 1 unspecified atom stereocenters. The third-order valence-electron chi connectivity index (χ3n) is 5.46. The summed E-state index contributed by atoms with van der Waals surface area (Å²) in [6.07, 6.45) is 4.27. The van der Waals surface area contributed by atoms with Crippen LogP contribution in [-0.4, -0.2) is 34.0 Å². The van der Waals surface area contributed by atoms with Crippen LogP contribution in [0.15, 0.2) is 53.4 Å². The molecule has 2 aromatic rings. The SMILES string of the molecule is CCCCC(CC)CNC(=O)CN(c1ccc(C)cc1)S(=O)(=O)c1ccc(OCC)cc1. The average Bonchev–Trinajstić information content (AvgIpc) is 2.79. The fraction of sp³-hybridized carbons (Fsp3) is 0.480. The fourth-order valence-corrected chi connectivity index (χ4v) is 4.84. The van der Waals surface area contributed by atoms with Gasteiger partial charge < -0.3 is 10.1 Å². The number of hydrogen-bond acceptors (Lipinski definition) is 4. The summed E-state index contributed by atoms with van der Waals surface area (Å²) in [6.45, 7) is 8.84. The van der Waals surface area contributed by atoms with Gasteiger partial charge in [0.15, 0.2) is 0 Å². The molecule has 0 bridgehead atoms. The number of sulfonamides is 1. The van der Waals surface area contributed by atoms with Crippen LogP contribution in [0.2, 0.25) is 0 Å². The molecular formula is C25H36N2O4S. The molecule has 0 saturated carbocycles. The minimum absolute atomic E-state index is 0.115. The molecule has 1 N–H and O–H groups in total. The Morgan fingerprint density at radius 1 is 1.03 bits per heavy atom. The maximum absolute atomic E-state index is 13.5. The molecular weight excluding hydrogens is 424 g/mol. The van der Waals surface area contributed by atoms with Crippen molar-refractivity contribution in [3.63, 3.8) is 0 Å². The number of rotatable bonds is 13. The zero-order chi connectivity index (χ0) is 23.6. The van der Waals surface area contributed by atoms with Gasteiger partial charge in [-0.3, -0.25) is 9.10 Å². The summed E-state index contributed by atoms with van der Waals surface area (Å²) in [4.78, 5) is 12.9. The third kappa shape index (κ3) is 7.26. The summed E-state index contributed by atoms with van der Waals surface area (Å²) in [7, 11) is -3.94. The highest BCUT2D eigenvalue weighted by molar-refractivity contribution is 7.92. The summed E-state index contributed by atoms with van der Waals surface area (Å²) >= 11 is 0. The predicted octanol–water partition coefficient (Wildman–Crippen LogP) is 4.92. The molecule has 0 spiro atoms. The van der Waals surface area contributed by atoms with Crippen LogP contribution in [0.3, 0.4) is 0 Å². The number of ether oxygens (including phenoxy) is 1. The predicted molar refractivity (Wildman–Crippen MR) is 130 cm³/mol. The first-order valence-corrected chi connectivity index (χ1v) is 12.8. The maximum Gasteiger partial charge on any atom is 0.264 e. The lowest BCUT2D eigenvalue weighted by Gasteiger charge is -2.25. The van der Waals surface area contributed by atoms with E-state index in [0.29, 0.717) is 30.5 Å². The van der Waals surface area contributed by atoms with Gasteiger partial charge in [-0.05, 0) is 62.6 Å². The molecule has 0 aliphatic heterocycles. The number of carbonyl (C=O) groups excluding carboxylic acids is 1. The zero-order valence-electron chi connectivity index (χ0n) is 19.6. The summed E-state index contributed by atoms with van der Waals surface area (Å²) in [5, 5.41) is 2.94. The van der Waals surface area contributed by atoms with E-state index in [1.54, 1.807) is 24.3 Å². The number of anilines is 1. The van der Waals surface area contributed by atoms with Crippen molar-refractivity contribution in [3.05, 3.63) is 54.1 Å². The average molecular weight is 461 g/mol. The van der Waals surface area contributed by atoms with Gasteiger partial charge in [0.05, 0.1) is 17.2 Å². The van der Waals surface area contributed by atoms with E-state index in [0.717, 1.165) is 31.2 Å². The van der Waals surface area contributed by atoms with Crippen molar-refractivity contribution in [1.82, 2.24) is 5.32 Å². The summed E-state index contributed by atoms with van der Waals surface area (Å²) in [6, 6.07) is 13.4. The number of carbonyl (C=O) groups is 1. The smallest absolute Gasteiger partial charge is 0.264 e. The van der Waals surface area contributed by atoms with Crippen molar-refractivity contribution in [1.29, 1.82) is 0 Å². The van der Waals surface area contributed by atoms with Crippen molar-refractivity contribution in [2.24, 2.45) is 5.92 Å². The highest BCUT2D eigenvalue weighted by atomic mass is 32.2. The molecule has 6 nitrogen and oxygen atoms in total. The summed E-state index contributed by atoms with van der Waals surface area (Å²) in [5.74, 6) is 0.688. The molecule has 0 heterocycles. The first kappa shape index (κ1) is 25.7. The van der Waals surface area contributed by atoms with Crippen LogP contribution < -0.4 is 14.4 Å². The minimum Gasteiger partial charge on any atom is -0.494 e. The first-order valence-electron chi connectivity index (χ1n) is 11.4. The van der Waals surface area contributed by atoms with Crippen LogP contribution in [0.25, 0.3) is 0 Å². The van der Waals surface area contributed by atoms with Crippen LogP contribution in [0.1, 0.15) is 52.0 Å². The topological polar surface area (TPSA) is 75.7 Å². The lowest BCUT2D eigenvalue weighted by molar-refractivity contribution is -0.119. The largest absolute Gasteiger partial charge is 0.494 e. The molecule has 0 fully saturated rings. The fourth-order valence-electron chi connectivity index (χ4n) is 3.42. The van der Waals surface area contributed by atoms with E-state index in [4.69, 9.17) is 4.74 Å². The number of nitrogens with zero attached hydrogens (tertiary/aromatic N) is 1. The number of amides is 1. The number of nitrogens with one attached hydrogen (secondary N) is 1. The Morgan fingerprint density at radius 2 is 1.69 bits per heavy atom. The Hall–Kier alpha value is -2.54. The van der Waals surface area contributed by atoms with Gasteiger partial charge in [-0.1, -0.05) is 50.8 Å². The van der Waals surface area contributed by atoms with E-state index < -0.39 is 10.0 Å². The van der Waals surface area contributed by atoms with Gasteiger partial charge in [0, 0.05) is 6.54 Å². The van der Waals surface area contributed by atoms with Gasteiger partial charge in [0.2, 0.25) is 5.91 Å². The Kier molecular flexibility index (Phi) is 10.0. The zero-order valence-corrected chi connectivity index (χ0v) is 20.5. The molecule has 0 aliphatic rings. The van der Waals surface area contributed by atoms with E-state index in [1.165, 1.54) is 16.4 Å². The van der Waals surface area contributed by atoms with Crippen LogP contribution in [0.4, 0.5) is 5.69 Å². The summed E-state index contributed by atoms with van der Waals surface area (Å²) < 4.78 is 33.5. The Balaban J connectivity index is 2.24. The molecule has 176 valence electrons. The highest BCUT2D eigenvalue weighted by Gasteiger charge is 2.27. The molecule has 0 aromatic heterocycles. The van der Waals surface area contributed by atoms with Crippen molar-refractivity contribution in [3.8, 4) is 5.75 Å². The molecule has 1 atom stereocenters. The molecule has 2 aromatic carbocycles. The van der Waals surface area contributed by atoms with Crippen molar-refractivity contribution in [2.45, 2.75) is 58.3 Å². The minimum atomic E-state index is -3.94. The standard InChI is InChI=1S/C25H36N2O4S/c1-5-8-9-21(6-2)18-26-25(28)19-27(22-12-10-20(4)11-13-22)32(29,30)24-16-14-23(15-17-24)31-7-3/h10-17,21H,5-9,18-19H2,1-4H3,(H,26,28). The van der Waals surface area contributed by atoms with Crippen molar-refractivity contribution in [2.75, 3.05) is 24.0 Å². The molecule has 32 heavy (non-hydrogen) atoms. The van der Waals surface area contributed by atoms with Gasteiger partial charge in [0.25, 0.3) is 10.0 Å². The van der Waals surface area contributed by atoms with Gasteiger partial charge in [-0.25, -0.2) is 8.42 Å². The molecule has 0 saturated heterocycles. The molecule has 0 aliphatic carbocycles. The van der Waals surface area contributed by atoms with Gasteiger partial charge >= 0.3 is 0 Å². The lowest BCUT2D eigenvalue weighted by Crippen LogP contribution is -2.42. The van der Waals surface area contributed by atoms with Gasteiger partial charge in [-0.2, -0.15) is 0 Å². The van der Waals surface area contributed by atoms with Crippen LogP contribution in [0, 0.1) is 12.8 Å². The summed E-state index contributed by atoms with van der Waals surface area (Å²) in [5.41, 5.74) is 1.47. The molecule has 2 rings (SSSR count). The number of benzene rings is 2. The Bertz CT molecular complexity index is 941. The Labute approximate surface area is 193 Å². The quantitative estimate of drug-likeness (QED) is 0.460. The number of aryl methyl sites for hydroxylation is 1. The van der Waals surface area contributed by atoms with Crippen LogP contribution >= 0.6 is 0 Å². The van der Waals surface area contributed by atoms with Gasteiger partial charge in [-0.15, -0.1) is 0 Å². The molecule has 1 amide bonds. The first-order chi connectivity index (χ1) is 15.3. The van der Waals surface area contributed by atoms with Crippen molar-refractivity contribution >= 4 is 21.6 Å². The second-order valence-corrected chi connectivity index (χ2v) is 9.83. The molecule has 0 radical (unpaired) electrons. The monoisotopic (exact) mass is 460 g/mol.